The lowest BCUT2D eigenvalue weighted by atomic mass is 9.94. The fraction of sp³-hybridized carbons (Fsp3) is 0.667. The van der Waals surface area contributed by atoms with Crippen LogP contribution < -0.4 is 5.73 Å². The molecule has 13 heavy (non-hydrogen) atoms. The second kappa shape index (κ2) is 3.68. The number of hydrogen-bond acceptors (Lipinski definition) is 2. The van der Waals surface area contributed by atoms with Crippen molar-refractivity contribution in [1.29, 1.82) is 0 Å². The second-order valence-corrected chi connectivity index (χ2v) is 4.54. The van der Waals surface area contributed by atoms with Crippen LogP contribution in [0.1, 0.15) is 19.5 Å². The normalized spacial score (nSPS) is 12.1. The van der Waals surface area contributed by atoms with Gasteiger partial charge >= 0.3 is 0 Å². The Hall–Kier alpha value is -0.540. The Labute approximate surface area is 83.9 Å². The first-order valence-corrected chi connectivity index (χ1v) is 4.72. The molecule has 0 bridgehead atoms. The molecule has 4 heteroatoms. The van der Waals surface area contributed by atoms with E-state index >= 15 is 0 Å². The lowest BCUT2D eigenvalue weighted by Crippen LogP contribution is -2.28. The van der Waals surface area contributed by atoms with Crippen molar-refractivity contribution in [2.45, 2.75) is 27.3 Å². The van der Waals surface area contributed by atoms with Crippen LogP contribution in [-0.4, -0.2) is 16.3 Å². The number of hydrogen-bond donors (Lipinski definition) is 1. The minimum absolute atomic E-state index is 0.0712. The van der Waals surface area contributed by atoms with E-state index in [1.807, 2.05) is 17.8 Å². The summed E-state index contributed by atoms with van der Waals surface area (Å²) in [6.07, 6.45) is 1.84. The SMILES string of the molecule is Cc1nn(CC(C)(C)CN)cc1Cl. The summed E-state index contributed by atoms with van der Waals surface area (Å²) in [5, 5.41) is 4.99. The van der Waals surface area contributed by atoms with Gasteiger partial charge in [-0.05, 0) is 18.9 Å². The van der Waals surface area contributed by atoms with Crippen molar-refractivity contribution in [3.63, 3.8) is 0 Å². The van der Waals surface area contributed by atoms with E-state index < -0.39 is 0 Å². The molecule has 2 N–H and O–H groups in total. The summed E-state index contributed by atoms with van der Waals surface area (Å²) >= 11 is 5.89. The maximum absolute atomic E-state index is 5.89. The van der Waals surface area contributed by atoms with Crippen LogP contribution in [0.25, 0.3) is 0 Å². The molecule has 0 aliphatic carbocycles. The van der Waals surface area contributed by atoms with Gasteiger partial charge in [-0.15, -0.1) is 0 Å². The van der Waals surface area contributed by atoms with Crippen LogP contribution in [-0.2, 0) is 6.54 Å². The van der Waals surface area contributed by atoms with E-state index in [-0.39, 0.29) is 5.41 Å². The van der Waals surface area contributed by atoms with Crippen molar-refractivity contribution in [3.8, 4) is 0 Å². The van der Waals surface area contributed by atoms with Gasteiger partial charge in [-0.25, -0.2) is 0 Å². The van der Waals surface area contributed by atoms with Crippen LogP contribution >= 0.6 is 11.6 Å². The number of nitrogens with two attached hydrogens (primary N) is 1. The van der Waals surface area contributed by atoms with E-state index in [9.17, 15) is 0 Å². The van der Waals surface area contributed by atoms with Crippen LogP contribution in [0.15, 0.2) is 6.20 Å². The molecule has 0 aliphatic heterocycles. The molecule has 0 fully saturated rings. The molecule has 1 aromatic rings. The van der Waals surface area contributed by atoms with E-state index in [1.54, 1.807) is 0 Å². The Morgan fingerprint density at radius 1 is 1.62 bits per heavy atom. The van der Waals surface area contributed by atoms with Crippen molar-refractivity contribution in [3.05, 3.63) is 16.9 Å². The standard InChI is InChI=1S/C9H16ClN3/c1-7-8(10)4-13(12-7)6-9(2,3)5-11/h4H,5-6,11H2,1-3H3. The zero-order valence-corrected chi connectivity index (χ0v) is 9.10. The van der Waals surface area contributed by atoms with Gasteiger partial charge in [0, 0.05) is 12.7 Å². The molecule has 1 heterocycles. The molecular weight excluding hydrogens is 186 g/mol. The maximum atomic E-state index is 5.89. The van der Waals surface area contributed by atoms with Crippen molar-refractivity contribution in [1.82, 2.24) is 9.78 Å². The highest BCUT2D eigenvalue weighted by Gasteiger charge is 2.17. The molecule has 74 valence electrons. The van der Waals surface area contributed by atoms with Crippen LogP contribution in [0.3, 0.4) is 0 Å². The largest absolute Gasteiger partial charge is 0.330 e. The molecular formula is C9H16ClN3. The number of nitrogens with zero attached hydrogens (tertiary/aromatic N) is 2. The summed E-state index contributed by atoms with van der Waals surface area (Å²) in [7, 11) is 0. The number of aryl methyl sites for hydroxylation is 1. The Morgan fingerprint density at radius 3 is 2.62 bits per heavy atom. The second-order valence-electron chi connectivity index (χ2n) is 4.13. The lowest BCUT2D eigenvalue weighted by Gasteiger charge is -2.21. The summed E-state index contributed by atoms with van der Waals surface area (Å²) in [6.45, 7) is 7.56. The summed E-state index contributed by atoms with van der Waals surface area (Å²) in [6, 6.07) is 0. The van der Waals surface area contributed by atoms with Crippen molar-refractivity contribution in [2.24, 2.45) is 11.1 Å². The van der Waals surface area contributed by atoms with Crippen LogP contribution in [0, 0.1) is 12.3 Å². The van der Waals surface area contributed by atoms with Crippen LogP contribution in [0.4, 0.5) is 0 Å². The third kappa shape index (κ3) is 2.71. The molecule has 1 aromatic heterocycles. The van der Waals surface area contributed by atoms with Crippen LogP contribution in [0.5, 0.6) is 0 Å². The molecule has 3 nitrogen and oxygen atoms in total. The summed E-state index contributed by atoms with van der Waals surface area (Å²) in [4.78, 5) is 0. The van der Waals surface area contributed by atoms with Gasteiger partial charge in [0.15, 0.2) is 0 Å². The first-order valence-electron chi connectivity index (χ1n) is 4.34. The number of halogens is 1. The molecule has 0 aromatic carbocycles. The fourth-order valence-electron chi connectivity index (χ4n) is 1.08. The first-order chi connectivity index (χ1) is 5.94. The zero-order chi connectivity index (χ0) is 10.1. The molecule has 0 spiro atoms. The Bertz CT molecular complexity index is 272. The molecule has 0 radical (unpaired) electrons. The van der Waals surface area contributed by atoms with Gasteiger partial charge in [0.2, 0.25) is 0 Å². The molecule has 0 amide bonds. The van der Waals surface area contributed by atoms with E-state index in [2.05, 4.69) is 18.9 Å². The molecule has 0 unspecified atom stereocenters. The monoisotopic (exact) mass is 201 g/mol. The molecule has 1 rings (SSSR count). The average Bonchev–Trinajstić information content (AvgIpc) is 2.30. The Balaban J connectivity index is 2.75. The van der Waals surface area contributed by atoms with Crippen molar-refractivity contribution >= 4 is 11.6 Å². The van der Waals surface area contributed by atoms with Gasteiger partial charge in [-0.1, -0.05) is 25.4 Å². The van der Waals surface area contributed by atoms with Gasteiger partial charge < -0.3 is 5.73 Å². The quantitative estimate of drug-likeness (QED) is 0.811. The van der Waals surface area contributed by atoms with Crippen LogP contribution in [0.2, 0.25) is 5.02 Å². The van der Waals surface area contributed by atoms with E-state index in [1.165, 1.54) is 0 Å². The van der Waals surface area contributed by atoms with Gasteiger partial charge in [0.25, 0.3) is 0 Å². The third-order valence-electron chi connectivity index (χ3n) is 2.03. The van der Waals surface area contributed by atoms with Gasteiger partial charge in [-0.3, -0.25) is 4.68 Å². The summed E-state index contributed by atoms with van der Waals surface area (Å²) < 4.78 is 1.85. The molecule has 0 saturated heterocycles. The predicted octanol–water partition coefficient (Wildman–Crippen LogP) is 1.83. The number of rotatable bonds is 3. The minimum atomic E-state index is 0.0712. The van der Waals surface area contributed by atoms with E-state index in [0.717, 1.165) is 12.2 Å². The molecule has 0 atom stereocenters. The van der Waals surface area contributed by atoms with Crippen molar-refractivity contribution in [2.75, 3.05) is 6.54 Å². The summed E-state index contributed by atoms with van der Waals surface area (Å²) in [5.74, 6) is 0. The maximum Gasteiger partial charge on any atom is 0.0814 e. The molecule has 0 aliphatic rings. The van der Waals surface area contributed by atoms with Gasteiger partial charge in [0.1, 0.15) is 0 Å². The first kappa shape index (κ1) is 10.5. The predicted molar refractivity (Wildman–Crippen MR) is 54.8 cm³/mol. The number of aromatic nitrogens is 2. The molecule has 0 saturated carbocycles. The highest BCUT2D eigenvalue weighted by atomic mass is 35.5. The zero-order valence-electron chi connectivity index (χ0n) is 8.34. The average molecular weight is 202 g/mol. The fourth-order valence-corrected chi connectivity index (χ4v) is 1.23. The van der Waals surface area contributed by atoms with Crippen molar-refractivity contribution < 1.29 is 0 Å². The van der Waals surface area contributed by atoms with E-state index in [0.29, 0.717) is 11.6 Å². The van der Waals surface area contributed by atoms with Gasteiger partial charge in [0.05, 0.1) is 10.7 Å². The topological polar surface area (TPSA) is 43.8 Å². The Morgan fingerprint density at radius 2 is 2.23 bits per heavy atom. The van der Waals surface area contributed by atoms with Gasteiger partial charge in [-0.2, -0.15) is 5.10 Å². The third-order valence-corrected chi connectivity index (χ3v) is 2.40. The highest BCUT2D eigenvalue weighted by Crippen LogP contribution is 2.18. The summed E-state index contributed by atoms with van der Waals surface area (Å²) in [5.41, 5.74) is 6.57. The Kier molecular flexibility index (Phi) is 2.98. The lowest BCUT2D eigenvalue weighted by molar-refractivity contribution is 0.301. The minimum Gasteiger partial charge on any atom is -0.330 e. The smallest absolute Gasteiger partial charge is 0.0814 e. The van der Waals surface area contributed by atoms with E-state index in [4.69, 9.17) is 17.3 Å². The highest BCUT2D eigenvalue weighted by molar-refractivity contribution is 6.31.